The lowest BCUT2D eigenvalue weighted by Gasteiger charge is -2.37. The van der Waals surface area contributed by atoms with Crippen LogP contribution in [0.5, 0.6) is 5.75 Å². The van der Waals surface area contributed by atoms with Crippen LogP contribution in [0.2, 0.25) is 0 Å². The number of benzene rings is 2. The number of halogens is 2. The maximum absolute atomic E-state index is 13.0. The number of nitrogens with one attached hydrogen (secondary N) is 1. The fourth-order valence-corrected chi connectivity index (χ4v) is 7.47. The van der Waals surface area contributed by atoms with Crippen LogP contribution in [0.1, 0.15) is 50.0 Å². The molecule has 0 bridgehead atoms. The molecule has 0 fully saturated rings. The second kappa shape index (κ2) is 9.09. The molecule has 2 aliphatic carbocycles. The van der Waals surface area contributed by atoms with Crippen molar-refractivity contribution in [2.75, 3.05) is 0 Å². The van der Waals surface area contributed by atoms with E-state index < -0.39 is 16.0 Å². The van der Waals surface area contributed by atoms with E-state index in [1.54, 1.807) is 30.3 Å². The van der Waals surface area contributed by atoms with Gasteiger partial charge in [-0.25, -0.2) is 0 Å². The average molecular weight is 607 g/mol. The van der Waals surface area contributed by atoms with Crippen molar-refractivity contribution in [2.45, 2.75) is 49.3 Å². The van der Waals surface area contributed by atoms with Gasteiger partial charge in [0, 0.05) is 41.3 Å². The summed E-state index contributed by atoms with van der Waals surface area (Å²) < 4.78 is 31.8. The third-order valence-corrected chi connectivity index (χ3v) is 8.78. The first kappa shape index (κ1) is 23.5. The van der Waals surface area contributed by atoms with E-state index in [0.717, 1.165) is 42.6 Å². The van der Waals surface area contributed by atoms with Crippen LogP contribution in [-0.2, 0) is 19.7 Å². The summed E-state index contributed by atoms with van der Waals surface area (Å²) in [6.45, 7) is 0. The van der Waals surface area contributed by atoms with Crippen molar-refractivity contribution in [1.82, 2.24) is 5.32 Å². The van der Waals surface area contributed by atoms with Gasteiger partial charge in [0.25, 0.3) is 0 Å². The van der Waals surface area contributed by atoms with Crippen LogP contribution >= 0.6 is 31.9 Å². The molecule has 9 heteroatoms. The summed E-state index contributed by atoms with van der Waals surface area (Å²) in [5.74, 6) is -0.292. The predicted molar refractivity (Wildman–Crippen MR) is 134 cm³/mol. The highest BCUT2D eigenvalue weighted by atomic mass is 79.9. The third kappa shape index (κ3) is 4.18. The first-order valence-corrected chi connectivity index (χ1v) is 14.0. The van der Waals surface area contributed by atoms with Gasteiger partial charge in [-0.2, -0.15) is 8.42 Å². The van der Waals surface area contributed by atoms with E-state index in [1.807, 2.05) is 0 Å². The summed E-state index contributed by atoms with van der Waals surface area (Å²) in [6, 6.07) is 11.4. The lowest BCUT2D eigenvalue weighted by Crippen LogP contribution is -2.36. The quantitative estimate of drug-likeness (QED) is 0.450. The number of Topliss-reactive ketones (excluding diaryl/α,β-unsaturated/α-hetero) is 2. The third-order valence-electron chi connectivity index (χ3n) is 6.37. The summed E-state index contributed by atoms with van der Waals surface area (Å²) in [6.07, 6.45) is 4.00. The monoisotopic (exact) mass is 605 g/mol. The van der Waals surface area contributed by atoms with Crippen LogP contribution in [-0.4, -0.2) is 20.0 Å². The number of ketones is 2. The summed E-state index contributed by atoms with van der Waals surface area (Å²) >= 11 is 6.92. The Morgan fingerprint density at radius 1 is 0.824 bits per heavy atom. The molecule has 0 radical (unpaired) electrons. The SMILES string of the molecule is O=C1CCCC2=C1C(c1cc(Br)c(OS(=O)(=O)c3ccccc3)c(Br)c1)C1=C(CCCC1=O)N2. The van der Waals surface area contributed by atoms with Gasteiger partial charge in [0.05, 0.1) is 8.95 Å². The summed E-state index contributed by atoms with van der Waals surface area (Å²) in [5.41, 5.74) is 3.81. The molecule has 0 unspecified atom stereocenters. The molecule has 2 aromatic carbocycles. The fraction of sp³-hybridized carbons (Fsp3) is 0.280. The van der Waals surface area contributed by atoms with Gasteiger partial charge in [0.1, 0.15) is 4.90 Å². The van der Waals surface area contributed by atoms with E-state index in [-0.39, 0.29) is 22.2 Å². The van der Waals surface area contributed by atoms with Crippen molar-refractivity contribution in [1.29, 1.82) is 0 Å². The van der Waals surface area contributed by atoms with Crippen molar-refractivity contribution in [3.8, 4) is 5.75 Å². The Labute approximate surface area is 214 Å². The number of carbonyl (C=O) groups excluding carboxylic acids is 2. The van der Waals surface area contributed by atoms with Crippen molar-refractivity contribution in [3.63, 3.8) is 0 Å². The fourth-order valence-electron chi connectivity index (χ4n) is 4.89. The highest BCUT2D eigenvalue weighted by Crippen LogP contribution is 2.48. The Morgan fingerprint density at radius 2 is 1.35 bits per heavy atom. The molecule has 0 atom stereocenters. The molecule has 0 spiro atoms. The van der Waals surface area contributed by atoms with Crippen molar-refractivity contribution in [3.05, 3.63) is 79.5 Å². The molecule has 1 aliphatic heterocycles. The Hall–Kier alpha value is -2.23. The summed E-state index contributed by atoms with van der Waals surface area (Å²) in [5, 5.41) is 3.40. The Kier molecular flexibility index (Phi) is 6.29. The molecule has 0 amide bonds. The first-order valence-electron chi connectivity index (χ1n) is 11.0. The molecule has 0 saturated heterocycles. The molecule has 0 saturated carbocycles. The van der Waals surface area contributed by atoms with Crippen molar-refractivity contribution >= 4 is 53.5 Å². The highest BCUT2D eigenvalue weighted by molar-refractivity contribution is 9.11. The lowest BCUT2D eigenvalue weighted by molar-refractivity contribution is -0.117. The normalized spacial score (nSPS) is 19.0. The highest BCUT2D eigenvalue weighted by Gasteiger charge is 2.40. The van der Waals surface area contributed by atoms with Gasteiger partial charge in [0.2, 0.25) is 0 Å². The second-order valence-electron chi connectivity index (χ2n) is 8.56. The summed E-state index contributed by atoms with van der Waals surface area (Å²) in [4.78, 5) is 26.1. The molecule has 3 aliphatic rings. The second-order valence-corrected chi connectivity index (χ2v) is 11.8. The molecule has 5 rings (SSSR count). The van der Waals surface area contributed by atoms with E-state index in [4.69, 9.17) is 4.18 Å². The van der Waals surface area contributed by atoms with Crippen LogP contribution in [0.15, 0.2) is 78.8 Å². The molecule has 2 aromatic rings. The number of allylic oxidation sites excluding steroid dienone is 4. The predicted octanol–water partition coefficient (Wildman–Crippen LogP) is 5.68. The van der Waals surface area contributed by atoms with Crippen molar-refractivity contribution < 1.29 is 22.2 Å². The largest absolute Gasteiger partial charge is 0.377 e. The van der Waals surface area contributed by atoms with Crippen LogP contribution in [0.3, 0.4) is 0 Å². The van der Waals surface area contributed by atoms with Crippen LogP contribution < -0.4 is 9.50 Å². The topological polar surface area (TPSA) is 89.5 Å². The van der Waals surface area contributed by atoms with Gasteiger partial charge in [-0.15, -0.1) is 0 Å². The number of hydrogen-bond acceptors (Lipinski definition) is 6. The Balaban J connectivity index is 1.59. The molecular formula is C25H21Br2NO5S. The van der Waals surface area contributed by atoms with Gasteiger partial charge in [-0.05, 0) is 87.4 Å². The van der Waals surface area contributed by atoms with Gasteiger partial charge >= 0.3 is 10.1 Å². The maximum Gasteiger partial charge on any atom is 0.339 e. The smallest absolute Gasteiger partial charge is 0.339 e. The molecule has 176 valence electrons. The number of rotatable bonds is 4. The van der Waals surface area contributed by atoms with E-state index in [1.165, 1.54) is 12.1 Å². The first-order chi connectivity index (χ1) is 16.3. The minimum absolute atomic E-state index is 0.0430. The van der Waals surface area contributed by atoms with Crippen molar-refractivity contribution in [2.24, 2.45) is 0 Å². The Morgan fingerprint density at radius 3 is 1.88 bits per heavy atom. The van der Waals surface area contributed by atoms with Gasteiger partial charge in [-0.1, -0.05) is 18.2 Å². The zero-order valence-electron chi connectivity index (χ0n) is 18.1. The molecule has 1 heterocycles. The van der Waals surface area contributed by atoms with Gasteiger partial charge < -0.3 is 9.50 Å². The van der Waals surface area contributed by atoms with E-state index in [2.05, 4.69) is 37.2 Å². The minimum Gasteiger partial charge on any atom is -0.377 e. The zero-order valence-corrected chi connectivity index (χ0v) is 22.1. The molecule has 6 nitrogen and oxygen atoms in total. The minimum atomic E-state index is -4.05. The molecule has 0 aromatic heterocycles. The zero-order chi connectivity index (χ0) is 24.0. The van der Waals surface area contributed by atoms with E-state index >= 15 is 0 Å². The van der Waals surface area contributed by atoms with Crippen LogP contribution in [0.25, 0.3) is 0 Å². The Bertz CT molecular complexity index is 1310. The number of dihydropyridines is 1. The standard InChI is InChI=1S/C25H21Br2NO5S/c26-16-12-14(13-17(27)25(16)33-34(31,32)15-6-2-1-3-7-15)22-23-18(8-4-10-20(23)29)28-19-9-5-11-21(30)24(19)22/h1-3,6-7,12-13,22,28H,4-5,8-11H2. The van der Waals surface area contributed by atoms with Crippen LogP contribution in [0, 0.1) is 0 Å². The number of carbonyl (C=O) groups is 2. The van der Waals surface area contributed by atoms with Gasteiger partial charge in [-0.3, -0.25) is 9.59 Å². The lowest BCUT2D eigenvalue weighted by atomic mass is 9.71. The van der Waals surface area contributed by atoms with Crippen LogP contribution in [0.4, 0.5) is 0 Å². The number of hydrogen-bond donors (Lipinski definition) is 1. The summed E-state index contributed by atoms with van der Waals surface area (Å²) in [7, 11) is -4.05. The molecule has 34 heavy (non-hydrogen) atoms. The van der Waals surface area contributed by atoms with Gasteiger partial charge in [0.15, 0.2) is 17.3 Å². The van der Waals surface area contributed by atoms with E-state index in [9.17, 15) is 18.0 Å². The van der Waals surface area contributed by atoms with E-state index in [0.29, 0.717) is 32.9 Å². The molecular weight excluding hydrogens is 586 g/mol. The maximum atomic E-state index is 13.0. The molecule has 1 N–H and O–H groups in total. The average Bonchev–Trinajstić information content (AvgIpc) is 2.81.